The van der Waals surface area contributed by atoms with Gasteiger partial charge < -0.3 is 10.2 Å². The molecule has 32 heavy (non-hydrogen) atoms. The highest BCUT2D eigenvalue weighted by Gasteiger charge is 2.19. The summed E-state index contributed by atoms with van der Waals surface area (Å²) in [4.78, 5) is 34.3. The topological polar surface area (TPSA) is 83.4 Å². The first-order valence-electron chi connectivity index (χ1n) is 10.5. The van der Waals surface area contributed by atoms with Crippen LogP contribution in [0.5, 0.6) is 0 Å². The number of benzene rings is 1. The van der Waals surface area contributed by atoms with E-state index in [1.54, 1.807) is 6.07 Å². The van der Waals surface area contributed by atoms with Crippen molar-refractivity contribution in [1.29, 1.82) is 0 Å². The summed E-state index contributed by atoms with van der Waals surface area (Å²) in [6.45, 7) is 5.78. The third kappa shape index (κ3) is 6.09. The average molecular weight is 455 g/mol. The standard InChI is InChI=1S/C23H30N6O2S/c1-16(2)29-20(31)12-11-18(26-29)22-21(17-9-7-6-8-10-17)25-23(32-22)24-19(30)15-28(5)14-13-27(3)4/h6-12,16H,13-15H2,1-5H3,(H,24,25,30). The first-order valence-corrected chi connectivity index (χ1v) is 11.4. The van der Waals surface area contributed by atoms with Gasteiger partial charge in [0.05, 0.1) is 23.2 Å². The molecule has 3 rings (SSSR count). The number of carbonyl (C=O) groups is 1. The summed E-state index contributed by atoms with van der Waals surface area (Å²) in [6.07, 6.45) is 0. The van der Waals surface area contributed by atoms with Gasteiger partial charge >= 0.3 is 0 Å². The highest BCUT2D eigenvalue weighted by atomic mass is 32.1. The summed E-state index contributed by atoms with van der Waals surface area (Å²) in [7, 11) is 5.93. The Kier molecular flexibility index (Phi) is 7.89. The van der Waals surface area contributed by atoms with E-state index in [0.29, 0.717) is 10.8 Å². The SMILES string of the molecule is CC(C)n1nc(-c2sc(NC(=O)CN(C)CCN(C)C)nc2-c2ccccc2)ccc1=O. The van der Waals surface area contributed by atoms with Gasteiger partial charge in [-0.15, -0.1) is 0 Å². The Morgan fingerprint density at radius 3 is 2.47 bits per heavy atom. The van der Waals surface area contributed by atoms with Gasteiger partial charge in [-0.3, -0.25) is 14.5 Å². The summed E-state index contributed by atoms with van der Waals surface area (Å²) >= 11 is 1.36. The van der Waals surface area contributed by atoms with Gasteiger partial charge in [-0.1, -0.05) is 41.7 Å². The number of nitrogens with zero attached hydrogens (tertiary/aromatic N) is 5. The minimum atomic E-state index is -0.149. The third-order valence-electron chi connectivity index (χ3n) is 4.81. The zero-order valence-electron chi connectivity index (χ0n) is 19.2. The highest BCUT2D eigenvalue weighted by Crippen LogP contribution is 2.37. The lowest BCUT2D eigenvalue weighted by Crippen LogP contribution is -2.34. The molecule has 0 unspecified atom stereocenters. The van der Waals surface area contributed by atoms with Gasteiger partial charge in [0.25, 0.3) is 5.56 Å². The minimum absolute atomic E-state index is 0.0626. The molecule has 1 aromatic carbocycles. The molecule has 9 heteroatoms. The molecule has 170 valence electrons. The predicted octanol–water partition coefficient (Wildman–Crippen LogP) is 3.05. The van der Waals surface area contributed by atoms with Crippen molar-refractivity contribution in [3.8, 4) is 21.8 Å². The van der Waals surface area contributed by atoms with Crippen LogP contribution in [0.25, 0.3) is 21.8 Å². The van der Waals surface area contributed by atoms with E-state index < -0.39 is 0 Å². The largest absolute Gasteiger partial charge is 0.308 e. The van der Waals surface area contributed by atoms with E-state index in [1.165, 1.54) is 22.1 Å². The van der Waals surface area contributed by atoms with E-state index in [1.807, 2.05) is 70.2 Å². The smallest absolute Gasteiger partial charge is 0.267 e. The van der Waals surface area contributed by atoms with Crippen LogP contribution < -0.4 is 10.9 Å². The first-order chi connectivity index (χ1) is 15.2. The summed E-state index contributed by atoms with van der Waals surface area (Å²) in [6, 6.07) is 12.9. The summed E-state index contributed by atoms with van der Waals surface area (Å²) in [5.41, 5.74) is 2.15. The van der Waals surface area contributed by atoms with Crippen molar-refractivity contribution in [2.24, 2.45) is 0 Å². The number of hydrogen-bond donors (Lipinski definition) is 1. The normalized spacial score (nSPS) is 11.5. The number of anilines is 1. The Labute approximate surface area is 192 Å². The molecule has 0 aliphatic rings. The van der Waals surface area contributed by atoms with Gasteiger partial charge in [0, 0.05) is 24.7 Å². The van der Waals surface area contributed by atoms with Crippen LogP contribution in [0, 0.1) is 0 Å². The minimum Gasteiger partial charge on any atom is -0.308 e. The number of amides is 1. The Bertz CT molecular complexity index is 1110. The molecule has 0 aliphatic carbocycles. The van der Waals surface area contributed by atoms with Crippen LogP contribution in [-0.2, 0) is 4.79 Å². The van der Waals surface area contributed by atoms with Crippen molar-refractivity contribution in [2.75, 3.05) is 46.1 Å². The molecule has 2 heterocycles. The number of hydrogen-bond acceptors (Lipinski definition) is 7. The maximum Gasteiger partial charge on any atom is 0.267 e. The average Bonchev–Trinajstić information content (AvgIpc) is 3.16. The van der Waals surface area contributed by atoms with Gasteiger partial charge in [0.2, 0.25) is 5.91 Å². The number of aromatic nitrogens is 3. The maximum atomic E-state index is 12.6. The van der Waals surface area contributed by atoms with E-state index in [4.69, 9.17) is 4.98 Å². The van der Waals surface area contributed by atoms with Gasteiger partial charge in [-0.25, -0.2) is 9.67 Å². The van der Waals surface area contributed by atoms with Crippen LogP contribution >= 0.6 is 11.3 Å². The molecular formula is C23H30N6O2S. The van der Waals surface area contributed by atoms with Crippen molar-refractivity contribution < 1.29 is 4.79 Å². The number of thiazole rings is 1. The molecule has 0 fully saturated rings. The van der Waals surface area contributed by atoms with Crippen LogP contribution in [0.1, 0.15) is 19.9 Å². The van der Waals surface area contributed by atoms with E-state index >= 15 is 0 Å². The molecule has 0 radical (unpaired) electrons. The second kappa shape index (κ2) is 10.6. The second-order valence-corrected chi connectivity index (χ2v) is 9.25. The molecule has 0 atom stereocenters. The highest BCUT2D eigenvalue weighted by molar-refractivity contribution is 7.19. The summed E-state index contributed by atoms with van der Waals surface area (Å²) in [5.74, 6) is -0.119. The van der Waals surface area contributed by atoms with Crippen molar-refractivity contribution in [2.45, 2.75) is 19.9 Å². The first kappa shape index (κ1) is 23.8. The van der Waals surface area contributed by atoms with Crippen LogP contribution in [0.4, 0.5) is 5.13 Å². The van der Waals surface area contributed by atoms with E-state index in [0.717, 1.165) is 29.2 Å². The molecule has 3 aromatic rings. The predicted molar refractivity (Wildman–Crippen MR) is 130 cm³/mol. The van der Waals surface area contributed by atoms with Gasteiger partial charge in [-0.2, -0.15) is 5.10 Å². The summed E-state index contributed by atoms with van der Waals surface area (Å²) in [5, 5.41) is 7.99. The third-order valence-corrected chi connectivity index (χ3v) is 5.80. The number of likely N-dealkylation sites (N-methyl/N-ethyl adjacent to an activating group) is 2. The van der Waals surface area contributed by atoms with Crippen LogP contribution in [0.15, 0.2) is 47.3 Å². The molecule has 1 amide bonds. The quantitative estimate of drug-likeness (QED) is 0.535. The number of carbonyl (C=O) groups excluding carboxylic acids is 1. The van der Waals surface area contributed by atoms with Crippen LogP contribution in [0.3, 0.4) is 0 Å². The fourth-order valence-corrected chi connectivity index (χ4v) is 4.08. The molecule has 0 aliphatic heterocycles. The van der Waals surface area contributed by atoms with E-state index in [2.05, 4.69) is 15.3 Å². The molecule has 2 aromatic heterocycles. The van der Waals surface area contributed by atoms with Crippen molar-refractivity contribution >= 4 is 22.4 Å². The van der Waals surface area contributed by atoms with Crippen molar-refractivity contribution in [1.82, 2.24) is 24.6 Å². The second-order valence-electron chi connectivity index (χ2n) is 8.25. The fraction of sp³-hybridized carbons (Fsp3) is 0.391. The molecule has 0 saturated carbocycles. The lowest BCUT2D eigenvalue weighted by molar-refractivity contribution is -0.117. The monoisotopic (exact) mass is 454 g/mol. The molecule has 1 N–H and O–H groups in total. The lowest BCUT2D eigenvalue weighted by Gasteiger charge is -2.18. The maximum absolute atomic E-state index is 12.6. The van der Waals surface area contributed by atoms with Gasteiger partial charge in [-0.05, 0) is 41.1 Å². The molecule has 8 nitrogen and oxygen atoms in total. The molecule has 0 saturated heterocycles. The fourth-order valence-electron chi connectivity index (χ4n) is 3.11. The molecule has 0 spiro atoms. The van der Waals surface area contributed by atoms with E-state index in [9.17, 15) is 9.59 Å². The Morgan fingerprint density at radius 1 is 1.09 bits per heavy atom. The van der Waals surface area contributed by atoms with Crippen LogP contribution in [0.2, 0.25) is 0 Å². The Morgan fingerprint density at radius 2 is 1.81 bits per heavy atom. The number of rotatable bonds is 9. The zero-order chi connectivity index (χ0) is 23.3. The Hall–Kier alpha value is -2.88. The van der Waals surface area contributed by atoms with Crippen molar-refractivity contribution in [3.05, 3.63) is 52.8 Å². The summed E-state index contributed by atoms with van der Waals surface area (Å²) < 4.78 is 1.46. The molecular weight excluding hydrogens is 424 g/mol. The van der Waals surface area contributed by atoms with E-state index in [-0.39, 0.29) is 24.1 Å². The van der Waals surface area contributed by atoms with Crippen molar-refractivity contribution in [3.63, 3.8) is 0 Å². The van der Waals surface area contributed by atoms with Gasteiger partial charge in [0.15, 0.2) is 5.13 Å². The van der Waals surface area contributed by atoms with Crippen LogP contribution in [-0.4, -0.2) is 71.2 Å². The number of nitrogens with one attached hydrogen (secondary N) is 1. The Balaban J connectivity index is 1.90. The lowest BCUT2D eigenvalue weighted by atomic mass is 10.1. The molecule has 0 bridgehead atoms. The zero-order valence-corrected chi connectivity index (χ0v) is 20.0. The van der Waals surface area contributed by atoms with Gasteiger partial charge in [0.1, 0.15) is 5.69 Å².